The summed E-state index contributed by atoms with van der Waals surface area (Å²) in [6.07, 6.45) is 10.9. The van der Waals surface area contributed by atoms with Crippen molar-refractivity contribution in [2.75, 3.05) is 32.7 Å². The summed E-state index contributed by atoms with van der Waals surface area (Å²) in [6, 6.07) is 0. The number of nitrogens with one attached hydrogen (secondary N) is 2. The summed E-state index contributed by atoms with van der Waals surface area (Å²) in [6.45, 7) is 11.8. The van der Waals surface area contributed by atoms with Crippen molar-refractivity contribution in [2.24, 2.45) is 0 Å². The molecule has 2 N–H and O–H groups in total. The van der Waals surface area contributed by atoms with Gasteiger partial charge in [0.05, 0.1) is 0 Å². The second kappa shape index (κ2) is 11.7. The van der Waals surface area contributed by atoms with Gasteiger partial charge in [-0.15, -0.1) is 0 Å². The SMILES string of the molecule is CC(C)=CCC/C(C)=C/CNC(=S)NCCN1CCCCC1. The van der Waals surface area contributed by atoms with E-state index in [2.05, 4.69) is 48.5 Å². The Morgan fingerprint density at radius 1 is 1.05 bits per heavy atom. The highest BCUT2D eigenvalue weighted by atomic mass is 32.1. The molecule has 0 aliphatic carbocycles. The molecule has 0 radical (unpaired) electrons. The molecule has 0 atom stereocenters. The number of rotatable bonds is 8. The third-order valence-electron chi connectivity index (χ3n) is 3.97. The van der Waals surface area contributed by atoms with Crippen molar-refractivity contribution in [3.8, 4) is 0 Å². The molecule has 1 fully saturated rings. The highest BCUT2D eigenvalue weighted by Crippen LogP contribution is 2.07. The van der Waals surface area contributed by atoms with Crippen LogP contribution in [0.5, 0.6) is 0 Å². The van der Waals surface area contributed by atoms with Gasteiger partial charge in [0.15, 0.2) is 5.11 Å². The van der Waals surface area contributed by atoms with Gasteiger partial charge in [-0.1, -0.05) is 29.7 Å². The minimum atomic E-state index is 0.769. The van der Waals surface area contributed by atoms with Crippen LogP contribution in [0.3, 0.4) is 0 Å². The van der Waals surface area contributed by atoms with E-state index in [1.165, 1.54) is 43.5 Å². The summed E-state index contributed by atoms with van der Waals surface area (Å²) in [7, 11) is 0. The fourth-order valence-electron chi connectivity index (χ4n) is 2.58. The van der Waals surface area contributed by atoms with Gasteiger partial charge < -0.3 is 15.5 Å². The number of hydrogen-bond acceptors (Lipinski definition) is 2. The lowest BCUT2D eigenvalue weighted by molar-refractivity contribution is 0.232. The first kappa shape index (κ1) is 19.2. The van der Waals surface area contributed by atoms with Crippen molar-refractivity contribution in [1.29, 1.82) is 0 Å². The van der Waals surface area contributed by atoms with Gasteiger partial charge in [0.2, 0.25) is 0 Å². The third-order valence-corrected chi connectivity index (χ3v) is 4.26. The van der Waals surface area contributed by atoms with E-state index in [1.54, 1.807) is 0 Å². The van der Waals surface area contributed by atoms with Crippen LogP contribution in [0.25, 0.3) is 0 Å². The molecular weight excluding hydrogens is 290 g/mol. The molecule has 0 amide bonds. The summed E-state index contributed by atoms with van der Waals surface area (Å²) in [5, 5.41) is 7.33. The zero-order chi connectivity index (χ0) is 16.2. The molecule has 0 unspecified atom stereocenters. The fourth-order valence-corrected chi connectivity index (χ4v) is 2.77. The van der Waals surface area contributed by atoms with Crippen molar-refractivity contribution in [1.82, 2.24) is 15.5 Å². The van der Waals surface area contributed by atoms with Crippen molar-refractivity contribution in [2.45, 2.75) is 52.9 Å². The Morgan fingerprint density at radius 3 is 2.45 bits per heavy atom. The average molecular weight is 324 g/mol. The quantitative estimate of drug-likeness (QED) is 0.527. The maximum Gasteiger partial charge on any atom is 0.166 e. The molecule has 4 heteroatoms. The predicted octanol–water partition coefficient (Wildman–Crippen LogP) is 3.63. The predicted molar refractivity (Wildman–Crippen MR) is 101 cm³/mol. The lowest BCUT2D eigenvalue weighted by atomic mass is 10.1. The number of piperidine rings is 1. The molecule has 1 aliphatic rings. The maximum absolute atomic E-state index is 5.32. The largest absolute Gasteiger partial charge is 0.361 e. The molecular formula is C18H33N3S. The summed E-state index contributed by atoms with van der Waals surface area (Å²) >= 11 is 5.32. The summed E-state index contributed by atoms with van der Waals surface area (Å²) in [5.41, 5.74) is 2.81. The Hall–Kier alpha value is -0.870. The van der Waals surface area contributed by atoms with Crippen LogP contribution in [0.2, 0.25) is 0 Å². The summed E-state index contributed by atoms with van der Waals surface area (Å²) < 4.78 is 0. The summed E-state index contributed by atoms with van der Waals surface area (Å²) in [4.78, 5) is 2.52. The van der Waals surface area contributed by atoms with Gasteiger partial charge >= 0.3 is 0 Å². The molecule has 0 saturated carbocycles. The zero-order valence-corrected chi connectivity index (χ0v) is 15.4. The van der Waals surface area contributed by atoms with Crippen molar-refractivity contribution < 1.29 is 0 Å². The molecule has 22 heavy (non-hydrogen) atoms. The van der Waals surface area contributed by atoms with Crippen LogP contribution in [0.15, 0.2) is 23.3 Å². The minimum absolute atomic E-state index is 0.769. The molecule has 1 rings (SSSR count). The molecule has 0 aromatic carbocycles. The third kappa shape index (κ3) is 9.96. The smallest absolute Gasteiger partial charge is 0.166 e. The maximum atomic E-state index is 5.32. The lowest BCUT2D eigenvalue weighted by Crippen LogP contribution is -2.41. The van der Waals surface area contributed by atoms with Crippen LogP contribution in [0.1, 0.15) is 52.9 Å². The molecule has 0 aromatic rings. The second-order valence-electron chi connectivity index (χ2n) is 6.41. The first-order valence-electron chi connectivity index (χ1n) is 8.61. The Morgan fingerprint density at radius 2 is 1.77 bits per heavy atom. The molecule has 0 spiro atoms. The van der Waals surface area contributed by atoms with Gasteiger partial charge in [-0.3, -0.25) is 0 Å². The minimum Gasteiger partial charge on any atom is -0.361 e. The van der Waals surface area contributed by atoms with E-state index in [0.717, 1.165) is 37.6 Å². The van der Waals surface area contributed by atoms with Crippen LogP contribution in [-0.2, 0) is 0 Å². The lowest BCUT2D eigenvalue weighted by Gasteiger charge is -2.26. The molecule has 3 nitrogen and oxygen atoms in total. The monoisotopic (exact) mass is 323 g/mol. The highest BCUT2D eigenvalue weighted by molar-refractivity contribution is 7.80. The number of thiocarbonyl (C=S) groups is 1. The van der Waals surface area contributed by atoms with Gasteiger partial charge in [0, 0.05) is 19.6 Å². The molecule has 1 heterocycles. The number of hydrogen-bond donors (Lipinski definition) is 2. The number of nitrogens with zero attached hydrogens (tertiary/aromatic N) is 1. The highest BCUT2D eigenvalue weighted by Gasteiger charge is 2.08. The molecule has 0 bridgehead atoms. The van der Waals surface area contributed by atoms with Gasteiger partial charge in [-0.25, -0.2) is 0 Å². The topological polar surface area (TPSA) is 27.3 Å². The van der Waals surface area contributed by atoms with Crippen molar-refractivity contribution in [3.63, 3.8) is 0 Å². The molecule has 1 aliphatic heterocycles. The molecule has 126 valence electrons. The van der Waals surface area contributed by atoms with Crippen LogP contribution in [0, 0.1) is 0 Å². The van der Waals surface area contributed by atoms with Crippen molar-refractivity contribution in [3.05, 3.63) is 23.3 Å². The van der Waals surface area contributed by atoms with E-state index in [0.29, 0.717) is 0 Å². The average Bonchev–Trinajstić information content (AvgIpc) is 2.48. The normalized spacial score (nSPS) is 16.2. The van der Waals surface area contributed by atoms with E-state index in [1.807, 2.05) is 0 Å². The Bertz CT molecular complexity index is 378. The Balaban J connectivity index is 2.05. The van der Waals surface area contributed by atoms with Crippen LogP contribution in [-0.4, -0.2) is 42.7 Å². The number of allylic oxidation sites excluding steroid dienone is 3. The van der Waals surface area contributed by atoms with Crippen LogP contribution < -0.4 is 10.6 Å². The van der Waals surface area contributed by atoms with Crippen molar-refractivity contribution >= 4 is 17.3 Å². The van der Waals surface area contributed by atoms with E-state index in [4.69, 9.17) is 12.2 Å². The first-order valence-corrected chi connectivity index (χ1v) is 9.02. The molecule has 1 saturated heterocycles. The van der Waals surface area contributed by atoms with Gasteiger partial charge in [-0.2, -0.15) is 0 Å². The van der Waals surface area contributed by atoms with E-state index < -0.39 is 0 Å². The van der Waals surface area contributed by atoms with E-state index in [-0.39, 0.29) is 0 Å². The molecule has 0 aromatic heterocycles. The fraction of sp³-hybridized carbons (Fsp3) is 0.722. The standard InChI is InChI=1S/C18H33N3S/c1-16(2)8-7-9-17(3)10-11-19-18(22)20-12-15-21-13-5-4-6-14-21/h8,10H,4-7,9,11-15H2,1-3H3,(H2,19,20,22)/b17-10+. The van der Waals surface area contributed by atoms with Crippen LogP contribution in [0.4, 0.5) is 0 Å². The Kier molecular flexibility index (Phi) is 10.2. The van der Waals surface area contributed by atoms with E-state index in [9.17, 15) is 0 Å². The Labute approximate surface area is 142 Å². The summed E-state index contributed by atoms with van der Waals surface area (Å²) in [5.74, 6) is 0. The van der Waals surface area contributed by atoms with Crippen LogP contribution >= 0.6 is 12.2 Å². The van der Waals surface area contributed by atoms with E-state index >= 15 is 0 Å². The van der Waals surface area contributed by atoms with Gasteiger partial charge in [0.1, 0.15) is 0 Å². The van der Waals surface area contributed by atoms with Gasteiger partial charge in [0.25, 0.3) is 0 Å². The number of likely N-dealkylation sites (tertiary alicyclic amines) is 1. The van der Waals surface area contributed by atoms with Gasteiger partial charge in [-0.05, 0) is 71.8 Å². The zero-order valence-electron chi connectivity index (χ0n) is 14.6. The first-order chi connectivity index (χ1) is 10.6. The second-order valence-corrected chi connectivity index (χ2v) is 6.82.